The first kappa shape index (κ1) is 9.45. The van der Waals surface area contributed by atoms with Crippen molar-refractivity contribution in [2.45, 2.75) is 44.7 Å². The first-order valence-electron chi connectivity index (χ1n) is 4.36. The normalized spacial score (nSPS) is 42.6. The molecule has 0 aromatic heterocycles. The van der Waals surface area contributed by atoms with Crippen LogP contribution in [0.15, 0.2) is 0 Å². The third-order valence-corrected chi connectivity index (χ3v) is 2.99. The van der Waals surface area contributed by atoms with Crippen molar-refractivity contribution in [3.05, 3.63) is 10.1 Å². The second-order valence-electron chi connectivity index (χ2n) is 4.14. The first-order chi connectivity index (χ1) is 5.46. The molecule has 1 saturated carbocycles. The van der Waals surface area contributed by atoms with E-state index in [1.807, 2.05) is 0 Å². The lowest BCUT2D eigenvalue weighted by Gasteiger charge is -2.33. The Kier molecular flexibility index (Phi) is 2.37. The maximum absolute atomic E-state index is 10.7. The molecule has 0 saturated heterocycles. The second kappa shape index (κ2) is 3.01. The largest absolute Gasteiger partial charge is 0.327 e. The summed E-state index contributed by atoms with van der Waals surface area (Å²) >= 11 is 0. The van der Waals surface area contributed by atoms with Crippen LogP contribution in [0.2, 0.25) is 0 Å². The van der Waals surface area contributed by atoms with E-state index in [-0.39, 0.29) is 11.0 Å². The SMILES string of the molecule is CC1CCC(C)([N+](=O)[O-])CC1N. The van der Waals surface area contributed by atoms with Crippen LogP contribution in [0.1, 0.15) is 33.1 Å². The van der Waals surface area contributed by atoms with Crippen LogP contribution >= 0.6 is 0 Å². The third-order valence-electron chi connectivity index (χ3n) is 2.99. The highest BCUT2D eigenvalue weighted by atomic mass is 16.6. The van der Waals surface area contributed by atoms with Gasteiger partial charge < -0.3 is 5.73 Å². The molecule has 3 unspecified atom stereocenters. The Morgan fingerprint density at radius 1 is 1.67 bits per heavy atom. The standard InChI is InChI=1S/C8H16N2O2/c1-6-3-4-8(2,10(11)12)5-7(6)9/h6-7H,3-5,9H2,1-2H3. The summed E-state index contributed by atoms with van der Waals surface area (Å²) in [6, 6.07) is -0.00542. The molecular formula is C8H16N2O2. The van der Waals surface area contributed by atoms with Crippen LogP contribution in [-0.2, 0) is 0 Å². The van der Waals surface area contributed by atoms with Gasteiger partial charge in [0.15, 0.2) is 0 Å². The molecule has 0 radical (unpaired) electrons. The second-order valence-corrected chi connectivity index (χ2v) is 4.14. The average Bonchev–Trinajstić information content (AvgIpc) is 1.97. The molecule has 0 spiro atoms. The Bertz CT molecular complexity index is 195. The fourth-order valence-corrected chi connectivity index (χ4v) is 1.73. The fraction of sp³-hybridized carbons (Fsp3) is 1.00. The molecule has 0 aromatic rings. The van der Waals surface area contributed by atoms with Crippen molar-refractivity contribution >= 4 is 0 Å². The third kappa shape index (κ3) is 1.58. The molecule has 1 fully saturated rings. The lowest BCUT2D eigenvalue weighted by Crippen LogP contribution is -2.48. The minimum Gasteiger partial charge on any atom is -0.327 e. The minimum atomic E-state index is -0.772. The van der Waals surface area contributed by atoms with Crippen molar-refractivity contribution in [1.29, 1.82) is 0 Å². The van der Waals surface area contributed by atoms with Gasteiger partial charge in [-0.25, -0.2) is 0 Å². The van der Waals surface area contributed by atoms with Crippen molar-refractivity contribution in [3.8, 4) is 0 Å². The maximum Gasteiger partial charge on any atom is 0.221 e. The van der Waals surface area contributed by atoms with Crippen LogP contribution in [0.3, 0.4) is 0 Å². The van der Waals surface area contributed by atoms with Gasteiger partial charge in [-0.05, 0) is 12.3 Å². The quantitative estimate of drug-likeness (QED) is 0.476. The average molecular weight is 172 g/mol. The van der Waals surface area contributed by atoms with Crippen LogP contribution in [0, 0.1) is 16.0 Å². The molecule has 1 aliphatic carbocycles. The number of hydrogen-bond donors (Lipinski definition) is 1. The molecule has 0 bridgehead atoms. The molecule has 0 aromatic carbocycles. The monoisotopic (exact) mass is 172 g/mol. The van der Waals surface area contributed by atoms with Gasteiger partial charge in [0.05, 0.1) is 0 Å². The first-order valence-corrected chi connectivity index (χ1v) is 4.36. The van der Waals surface area contributed by atoms with Gasteiger partial charge in [0.2, 0.25) is 5.54 Å². The fourth-order valence-electron chi connectivity index (χ4n) is 1.73. The van der Waals surface area contributed by atoms with Crippen molar-refractivity contribution in [3.63, 3.8) is 0 Å². The highest BCUT2D eigenvalue weighted by Crippen LogP contribution is 2.32. The molecule has 12 heavy (non-hydrogen) atoms. The molecule has 2 N–H and O–H groups in total. The molecule has 0 amide bonds. The molecule has 70 valence electrons. The molecule has 1 rings (SSSR count). The molecule has 4 heteroatoms. The molecule has 1 aliphatic rings. The number of nitrogens with zero attached hydrogens (tertiary/aromatic N) is 1. The Morgan fingerprint density at radius 2 is 2.25 bits per heavy atom. The van der Waals surface area contributed by atoms with E-state index in [4.69, 9.17) is 5.73 Å². The van der Waals surface area contributed by atoms with E-state index < -0.39 is 5.54 Å². The number of hydrogen-bond acceptors (Lipinski definition) is 3. The van der Waals surface area contributed by atoms with E-state index in [0.29, 0.717) is 18.8 Å². The Hall–Kier alpha value is -0.640. The number of nitrogens with two attached hydrogens (primary N) is 1. The predicted octanol–water partition coefficient (Wildman–Crippen LogP) is 1.17. The zero-order valence-corrected chi connectivity index (χ0v) is 7.62. The number of nitro groups is 1. The van der Waals surface area contributed by atoms with E-state index in [0.717, 1.165) is 6.42 Å². The summed E-state index contributed by atoms with van der Waals surface area (Å²) in [6.07, 6.45) is 2.05. The summed E-state index contributed by atoms with van der Waals surface area (Å²) in [5.41, 5.74) is 5.02. The van der Waals surface area contributed by atoms with Gasteiger partial charge in [-0.3, -0.25) is 10.1 Å². The lowest BCUT2D eigenvalue weighted by molar-refractivity contribution is -0.571. The van der Waals surface area contributed by atoms with Gasteiger partial charge in [0.25, 0.3) is 0 Å². The van der Waals surface area contributed by atoms with Crippen molar-refractivity contribution < 1.29 is 4.92 Å². The van der Waals surface area contributed by atoms with E-state index >= 15 is 0 Å². The van der Waals surface area contributed by atoms with E-state index in [9.17, 15) is 10.1 Å². The summed E-state index contributed by atoms with van der Waals surface area (Å²) in [7, 11) is 0. The molecule has 0 heterocycles. The predicted molar refractivity (Wildman–Crippen MR) is 46.4 cm³/mol. The molecule has 4 nitrogen and oxygen atoms in total. The van der Waals surface area contributed by atoms with E-state index in [2.05, 4.69) is 6.92 Å². The minimum absolute atomic E-state index is 0.00542. The lowest BCUT2D eigenvalue weighted by atomic mass is 9.76. The number of rotatable bonds is 1. The van der Waals surface area contributed by atoms with Crippen molar-refractivity contribution in [2.24, 2.45) is 11.7 Å². The van der Waals surface area contributed by atoms with Gasteiger partial charge in [-0.15, -0.1) is 0 Å². The van der Waals surface area contributed by atoms with Gasteiger partial charge in [-0.2, -0.15) is 0 Å². The van der Waals surface area contributed by atoms with Gasteiger partial charge >= 0.3 is 0 Å². The summed E-state index contributed by atoms with van der Waals surface area (Å²) < 4.78 is 0. The smallest absolute Gasteiger partial charge is 0.221 e. The van der Waals surface area contributed by atoms with Crippen LogP contribution < -0.4 is 5.73 Å². The molecule has 3 atom stereocenters. The summed E-state index contributed by atoms with van der Waals surface area (Å²) in [6.45, 7) is 3.75. The zero-order valence-electron chi connectivity index (χ0n) is 7.62. The van der Waals surface area contributed by atoms with Gasteiger partial charge in [0.1, 0.15) is 0 Å². The maximum atomic E-state index is 10.7. The molecular weight excluding hydrogens is 156 g/mol. The van der Waals surface area contributed by atoms with Crippen LogP contribution in [0.5, 0.6) is 0 Å². The Morgan fingerprint density at radius 3 is 2.67 bits per heavy atom. The highest BCUT2D eigenvalue weighted by molar-refractivity contribution is 4.88. The van der Waals surface area contributed by atoms with E-state index in [1.165, 1.54) is 0 Å². The van der Waals surface area contributed by atoms with Crippen LogP contribution in [0.25, 0.3) is 0 Å². The highest BCUT2D eigenvalue weighted by Gasteiger charge is 2.43. The summed E-state index contributed by atoms with van der Waals surface area (Å²) in [4.78, 5) is 10.5. The van der Waals surface area contributed by atoms with Gasteiger partial charge in [0, 0.05) is 30.7 Å². The Balaban J connectivity index is 2.66. The summed E-state index contributed by atoms with van der Waals surface area (Å²) in [5.74, 6) is 0.429. The van der Waals surface area contributed by atoms with Crippen LogP contribution in [-0.4, -0.2) is 16.5 Å². The van der Waals surface area contributed by atoms with Gasteiger partial charge in [-0.1, -0.05) is 6.92 Å². The van der Waals surface area contributed by atoms with Crippen LogP contribution in [0.4, 0.5) is 0 Å². The van der Waals surface area contributed by atoms with E-state index in [1.54, 1.807) is 6.92 Å². The van der Waals surface area contributed by atoms with Crippen molar-refractivity contribution in [1.82, 2.24) is 0 Å². The summed E-state index contributed by atoms with van der Waals surface area (Å²) in [5, 5.41) is 10.7. The Labute approximate surface area is 72.3 Å². The molecule has 0 aliphatic heterocycles. The topological polar surface area (TPSA) is 69.2 Å². The van der Waals surface area contributed by atoms with Crippen molar-refractivity contribution in [2.75, 3.05) is 0 Å². The zero-order chi connectivity index (χ0) is 9.35.